The molecule has 0 aliphatic heterocycles. The average Bonchev–Trinajstić information content (AvgIpc) is 2.78. The van der Waals surface area contributed by atoms with Gasteiger partial charge in [-0.3, -0.25) is 4.79 Å². The van der Waals surface area contributed by atoms with E-state index in [9.17, 15) is 4.79 Å². The number of nitrogens with one attached hydrogen (secondary N) is 1. The first kappa shape index (κ1) is 19.9. The SMILES string of the molecule is COc1cc(C(=O)N/N=C/c2ccc(-c3ccccc3)cc2)cc(OC)c1OC. The van der Waals surface area contributed by atoms with Gasteiger partial charge in [-0.1, -0.05) is 54.6 Å². The minimum absolute atomic E-state index is 0.344. The van der Waals surface area contributed by atoms with Gasteiger partial charge in [-0.15, -0.1) is 0 Å². The lowest BCUT2D eigenvalue weighted by molar-refractivity contribution is 0.0954. The molecule has 3 aromatic carbocycles. The Morgan fingerprint density at radius 3 is 1.97 bits per heavy atom. The Labute approximate surface area is 169 Å². The lowest BCUT2D eigenvalue weighted by Crippen LogP contribution is -2.18. The van der Waals surface area contributed by atoms with Gasteiger partial charge in [-0.25, -0.2) is 5.43 Å². The Balaban J connectivity index is 1.69. The zero-order chi connectivity index (χ0) is 20.6. The molecule has 0 radical (unpaired) electrons. The molecule has 3 aromatic rings. The number of hydrazone groups is 1. The smallest absolute Gasteiger partial charge is 0.271 e. The van der Waals surface area contributed by atoms with Gasteiger partial charge in [0.05, 0.1) is 27.5 Å². The van der Waals surface area contributed by atoms with Crippen LogP contribution < -0.4 is 19.6 Å². The van der Waals surface area contributed by atoms with Crippen molar-refractivity contribution in [1.82, 2.24) is 5.43 Å². The first-order valence-electron chi connectivity index (χ1n) is 8.95. The molecule has 3 rings (SSSR count). The first-order valence-corrected chi connectivity index (χ1v) is 8.95. The number of methoxy groups -OCH3 is 3. The second kappa shape index (κ2) is 9.41. The van der Waals surface area contributed by atoms with Crippen molar-refractivity contribution in [3.8, 4) is 28.4 Å². The van der Waals surface area contributed by atoms with Gasteiger partial charge >= 0.3 is 0 Å². The van der Waals surface area contributed by atoms with Gasteiger partial charge in [0.2, 0.25) is 5.75 Å². The molecule has 6 nitrogen and oxygen atoms in total. The van der Waals surface area contributed by atoms with Crippen LogP contribution in [0.5, 0.6) is 17.2 Å². The van der Waals surface area contributed by atoms with Crippen LogP contribution in [-0.4, -0.2) is 33.5 Å². The third-order valence-corrected chi connectivity index (χ3v) is 4.32. The second-order valence-corrected chi connectivity index (χ2v) is 6.10. The first-order chi connectivity index (χ1) is 14.2. The molecule has 0 aromatic heterocycles. The standard InChI is InChI=1S/C23H22N2O4/c1-27-20-13-19(14-21(28-2)22(20)29-3)23(26)25-24-15-16-9-11-18(12-10-16)17-7-5-4-6-8-17/h4-15H,1-3H3,(H,25,26)/b24-15+. The van der Waals surface area contributed by atoms with E-state index < -0.39 is 0 Å². The van der Waals surface area contributed by atoms with Gasteiger partial charge in [0.25, 0.3) is 5.91 Å². The van der Waals surface area contributed by atoms with Crippen molar-refractivity contribution < 1.29 is 19.0 Å². The largest absolute Gasteiger partial charge is 0.493 e. The molecule has 0 saturated heterocycles. The highest BCUT2D eigenvalue weighted by atomic mass is 16.5. The van der Waals surface area contributed by atoms with Crippen molar-refractivity contribution >= 4 is 12.1 Å². The maximum Gasteiger partial charge on any atom is 0.271 e. The lowest BCUT2D eigenvalue weighted by Gasteiger charge is -2.13. The van der Waals surface area contributed by atoms with E-state index in [0.29, 0.717) is 22.8 Å². The highest BCUT2D eigenvalue weighted by molar-refractivity contribution is 5.96. The predicted octanol–water partition coefficient (Wildman–Crippen LogP) is 4.14. The summed E-state index contributed by atoms with van der Waals surface area (Å²) in [6, 6.07) is 21.2. The monoisotopic (exact) mass is 390 g/mol. The van der Waals surface area contributed by atoms with Crippen LogP contribution >= 0.6 is 0 Å². The van der Waals surface area contributed by atoms with Crippen molar-refractivity contribution in [3.05, 3.63) is 77.9 Å². The van der Waals surface area contributed by atoms with Gasteiger partial charge < -0.3 is 14.2 Å². The zero-order valence-corrected chi connectivity index (χ0v) is 16.5. The molecule has 0 saturated carbocycles. The van der Waals surface area contributed by atoms with Crippen LogP contribution in [0.3, 0.4) is 0 Å². The molecule has 0 atom stereocenters. The van der Waals surface area contributed by atoms with Gasteiger partial charge in [-0.2, -0.15) is 5.10 Å². The topological polar surface area (TPSA) is 69.2 Å². The highest BCUT2D eigenvalue weighted by Gasteiger charge is 2.16. The molecular weight excluding hydrogens is 368 g/mol. The number of rotatable bonds is 7. The summed E-state index contributed by atoms with van der Waals surface area (Å²) in [6.07, 6.45) is 1.59. The summed E-state index contributed by atoms with van der Waals surface area (Å²) >= 11 is 0. The molecule has 6 heteroatoms. The van der Waals surface area contributed by atoms with E-state index in [-0.39, 0.29) is 5.91 Å². The number of nitrogens with zero attached hydrogens (tertiary/aromatic N) is 1. The molecule has 0 aliphatic rings. The third kappa shape index (κ3) is 4.73. The number of carbonyl (C=O) groups is 1. The van der Waals surface area contributed by atoms with E-state index in [2.05, 4.69) is 22.7 Å². The molecule has 0 fully saturated rings. The summed E-state index contributed by atoms with van der Waals surface area (Å²) in [5.41, 5.74) is 5.99. The molecule has 0 heterocycles. The Hall–Kier alpha value is -3.80. The molecule has 148 valence electrons. The van der Waals surface area contributed by atoms with Crippen molar-refractivity contribution in [3.63, 3.8) is 0 Å². The Bertz CT molecular complexity index is 974. The number of hydrogen-bond donors (Lipinski definition) is 1. The summed E-state index contributed by atoms with van der Waals surface area (Å²) in [6.45, 7) is 0. The molecule has 0 unspecified atom stereocenters. The van der Waals surface area contributed by atoms with Crippen LogP contribution in [-0.2, 0) is 0 Å². The minimum atomic E-state index is -0.388. The van der Waals surface area contributed by atoms with Gasteiger partial charge in [0.1, 0.15) is 0 Å². The summed E-state index contributed by atoms with van der Waals surface area (Å²) < 4.78 is 15.8. The van der Waals surface area contributed by atoms with E-state index >= 15 is 0 Å². The fourth-order valence-corrected chi connectivity index (χ4v) is 2.83. The number of carbonyl (C=O) groups excluding carboxylic acids is 1. The third-order valence-electron chi connectivity index (χ3n) is 4.32. The van der Waals surface area contributed by atoms with Crippen LogP contribution in [0.25, 0.3) is 11.1 Å². The van der Waals surface area contributed by atoms with Crippen molar-refractivity contribution in [2.24, 2.45) is 5.10 Å². The Kier molecular flexibility index (Phi) is 6.47. The molecular formula is C23H22N2O4. The molecule has 0 aliphatic carbocycles. The molecule has 0 spiro atoms. The zero-order valence-electron chi connectivity index (χ0n) is 16.5. The van der Waals surface area contributed by atoms with Gasteiger partial charge in [0, 0.05) is 5.56 Å². The van der Waals surface area contributed by atoms with E-state index in [4.69, 9.17) is 14.2 Å². The quantitative estimate of drug-likeness (QED) is 0.486. The number of ether oxygens (including phenoxy) is 3. The summed E-state index contributed by atoms with van der Waals surface area (Å²) in [4.78, 5) is 12.4. The van der Waals surface area contributed by atoms with Crippen molar-refractivity contribution in [2.75, 3.05) is 21.3 Å². The Morgan fingerprint density at radius 2 is 1.41 bits per heavy atom. The fourth-order valence-electron chi connectivity index (χ4n) is 2.83. The number of amides is 1. The molecule has 1 amide bonds. The Morgan fingerprint density at radius 1 is 0.828 bits per heavy atom. The predicted molar refractivity (Wildman–Crippen MR) is 113 cm³/mol. The second-order valence-electron chi connectivity index (χ2n) is 6.10. The van der Waals surface area contributed by atoms with Gasteiger partial charge in [-0.05, 0) is 28.8 Å². The van der Waals surface area contributed by atoms with Crippen LogP contribution in [0.1, 0.15) is 15.9 Å². The van der Waals surface area contributed by atoms with E-state index in [0.717, 1.165) is 16.7 Å². The van der Waals surface area contributed by atoms with E-state index in [1.807, 2.05) is 42.5 Å². The number of hydrogen-bond acceptors (Lipinski definition) is 5. The minimum Gasteiger partial charge on any atom is -0.493 e. The van der Waals surface area contributed by atoms with Crippen LogP contribution in [0.2, 0.25) is 0 Å². The summed E-state index contributed by atoms with van der Waals surface area (Å²) in [5.74, 6) is 0.838. The maximum atomic E-state index is 12.4. The van der Waals surface area contributed by atoms with Crippen LogP contribution in [0.15, 0.2) is 71.8 Å². The normalized spacial score (nSPS) is 10.6. The number of benzene rings is 3. The summed E-state index contributed by atoms with van der Waals surface area (Å²) in [5, 5.41) is 4.04. The van der Waals surface area contributed by atoms with Crippen LogP contribution in [0, 0.1) is 0 Å². The van der Waals surface area contributed by atoms with Gasteiger partial charge in [0.15, 0.2) is 11.5 Å². The van der Waals surface area contributed by atoms with E-state index in [1.165, 1.54) is 21.3 Å². The fraction of sp³-hybridized carbons (Fsp3) is 0.130. The summed E-state index contributed by atoms with van der Waals surface area (Å²) in [7, 11) is 4.50. The van der Waals surface area contributed by atoms with Crippen molar-refractivity contribution in [2.45, 2.75) is 0 Å². The molecule has 1 N–H and O–H groups in total. The highest BCUT2D eigenvalue weighted by Crippen LogP contribution is 2.38. The molecule has 29 heavy (non-hydrogen) atoms. The lowest BCUT2D eigenvalue weighted by atomic mass is 10.0. The maximum absolute atomic E-state index is 12.4. The van der Waals surface area contributed by atoms with Crippen molar-refractivity contribution in [1.29, 1.82) is 0 Å². The average molecular weight is 390 g/mol. The van der Waals surface area contributed by atoms with E-state index in [1.54, 1.807) is 18.3 Å². The molecule has 0 bridgehead atoms. The van der Waals surface area contributed by atoms with Crippen LogP contribution in [0.4, 0.5) is 0 Å².